The molecule has 0 radical (unpaired) electrons. The number of nitrogens with zero attached hydrogens (tertiary/aromatic N) is 2. The number of amides is 2. The molecule has 4 unspecified atom stereocenters. The highest BCUT2D eigenvalue weighted by Crippen LogP contribution is 2.61. The third-order valence-corrected chi connectivity index (χ3v) is 8.53. The average Bonchev–Trinajstić information content (AvgIpc) is 3.36. The van der Waals surface area contributed by atoms with Gasteiger partial charge in [0.15, 0.2) is 0 Å². The second kappa shape index (κ2) is 10.7. The van der Waals surface area contributed by atoms with Crippen LogP contribution in [-0.4, -0.2) is 87.1 Å². The number of halogens is 1. The summed E-state index contributed by atoms with van der Waals surface area (Å²) in [4.78, 5) is 44.4. The summed E-state index contributed by atoms with van der Waals surface area (Å²) < 4.78 is 11.8. The molecule has 2 bridgehead atoms. The summed E-state index contributed by atoms with van der Waals surface area (Å²) in [5.41, 5.74) is -1.15. The van der Waals surface area contributed by atoms with E-state index in [1.807, 2.05) is 20.8 Å². The van der Waals surface area contributed by atoms with E-state index in [9.17, 15) is 19.5 Å². The van der Waals surface area contributed by atoms with Crippen LogP contribution in [0.2, 0.25) is 0 Å². The summed E-state index contributed by atoms with van der Waals surface area (Å²) in [7, 11) is 0. The average molecular weight is 543 g/mol. The maximum absolute atomic E-state index is 14.3. The van der Waals surface area contributed by atoms with Gasteiger partial charge in [0.25, 0.3) is 0 Å². The van der Waals surface area contributed by atoms with E-state index in [0.717, 1.165) is 12.8 Å². The van der Waals surface area contributed by atoms with Crippen LogP contribution in [0.3, 0.4) is 0 Å². The molecular formula is C25H39BrN2O6. The maximum Gasteiger partial charge on any atom is 0.312 e. The molecule has 3 fully saturated rings. The number of carbonyl (C=O) groups excluding carboxylic acids is 3. The maximum atomic E-state index is 14.3. The number of aliphatic hydroxyl groups is 1. The topological polar surface area (TPSA) is 96.4 Å². The molecule has 8 nitrogen and oxygen atoms in total. The number of carbonyl (C=O) groups is 3. The van der Waals surface area contributed by atoms with Gasteiger partial charge in [-0.25, -0.2) is 0 Å². The Kier molecular flexibility index (Phi) is 8.51. The number of hydrogen-bond acceptors (Lipinski definition) is 6. The third kappa shape index (κ3) is 4.22. The van der Waals surface area contributed by atoms with Gasteiger partial charge in [0, 0.05) is 17.4 Å². The van der Waals surface area contributed by atoms with Gasteiger partial charge >= 0.3 is 5.97 Å². The Morgan fingerprint density at radius 1 is 1.38 bits per heavy atom. The van der Waals surface area contributed by atoms with Crippen molar-refractivity contribution in [2.45, 2.75) is 88.5 Å². The van der Waals surface area contributed by atoms with Crippen LogP contribution in [0.1, 0.15) is 53.9 Å². The van der Waals surface area contributed by atoms with Crippen molar-refractivity contribution in [1.82, 2.24) is 9.80 Å². The Labute approximate surface area is 211 Å². The van der Waals surface area contributed by atoms with E-state index in [0.29, 0.717) is 13.0 Å². The minimum absolute atomic E-state index is 0.0613. The van der Waals surface area contributed by atoms with Gasteiger partial charge in [-0.1, -0.05) is 49.2 Å². The fourth-order valence-electron chi connectivity index (χ4n) is 6.19. The van der Waals surface area contributed by atoms with Crippen molar-refractivity contribution >= 4 is 33.7 Å². The first-order valence-electron chi connectivity index (χ1n) is 12.4. The molecule has 0 aromatic rings. The fraction of sp³-hybridized carbons (Fsp3) is 0.800. The normalized spacial score (nSPS) is 33.7. The number of aliphatic hydroxyl groups excluding tert-OH is 1. The lowest BCUT2D eigenvalue weighted by atomic mass is 9.70. The molecule has 1 spiro atoms. The number of hydrogen-bond donors (Lipinski definition) is 1. The smallest absolute Gasteiger partial charge is 0.312 e. The largest absolute Gasteiger partial charge is 0.466 e. The van der Waals surface area contributed by atoms with Crippen LogP contribution >= 0.6 is 15.9 Å². The standard InChI is InChI=1S/C25H39BrN2O6/c1-7-10-15(6)27(11-8-2)23(31)21-25-12-16(26)20(34-25)18(24(32)33-9-3)19(25)22(30)28(21)17(13-29)14(4)5/h8,14-21,29H,2,7,9-13H2,1,3-6H3/t15?,16?,17-,18-,19-,20-,21?,25?/m0/s1. The highest BCUT2D eigenvalue weighted by atomic mass is 79.9. The van der Waals surface area contributed by atoms with Crippen LogP contribution in [0.25, 0.3) is 0 Å². The van der Waals surface area contributed by atoms with Gasteiger partial charge in [-0.15, -0.1) is 6.58 Å². The van der Waals surface area contributed by atoms with Gasteiger partial charge in [-0.2, -0.15) is 0 Å². The Hall–Kier alpha value is -1.45. The Bertz CT molecular complexity index is 806. The Morgan fingerprint density at radius 3 is 2.59 bits per heavy atom. The molecule has 8 atom stereocenters. The van der Waals surface area contributed by atoms with E-state index in [1.165, 1.54) is 4.90 Å². The molecule has 3 aliphatic rings. The van der Waals surface area contributed by atoms with Crippen molar-refractivity contribution in [3.63, 3.8) is 0 Å². The lowest BCUT2D eigenvalue weighted by Gasteiger charge is -2.41. The first kappa shape index (κ1) is 27.1. The lowest BCUT2D eigenvalue weighted by molar-refractivity contribution is -0.157. The summed E-state index contributed by atoms with van der Waals surface area (Å²) in [6.45, 7) is 13.7. The third-order valence-electron chi connectivity index (χ3n) is 7.68. The van der Waals surface area contributed by atoms with Crippen molar-refractivity contribution in [3.05, 3.63) is 12.7 Å². The minimum atomic E-state index is -1.15. The SMILES string of the molecule is C=CCN(C(=O)C1N([C@@H](CO)C(C)C)C(=O)[C@@H]2[C@H](C(=O)OCC)[C@H]3OC12CC3Br)C(C)CCC. The van der Waals surface area contributed by atoms with Crippen molar-refractivity contribution in [2.24, 2.45) is 17.8 Å². The quantitative estimate of drug-likeness (QED) is 0.245. The van der Waals surface area contributed by atoms with Crippen molar-refractivity contribution in [1.29, 1.82) is 0 Å². The second-order valence-corrected chi connectivity index (χ2v) is 11.2. The zero-order valence-corrected chi connectivity index (χ0v) is 22.5. The van der Waals surface area contributed by atoms with Gasteiger partial charge in [0.1, 0.15) is 11.6 Å². The second-order valence-electron chi connectivity index (χ2n) is 10.1. The van der Waals surface area contributed by atoms with Crippen molar-refractivity contribution in [2.75, 3.05) is 19.8 Å². The minimum Gasteiger partial charge on any atom is -0.466 e. The van der Waals surface area contributed by atoms with Crippen molar-refractivity contribution < 1.29 is 29.0 Å². The molecular weight excluding hydrogens is 504 g/mol. The van der Waals surface area contributed by atoms with Crippen LogP contribution in [0, 0.1) is 17.8 Å². The lowest BCUT2D eigenvalue weighted by Crippen LogP contribution is -2.61. The number of alkyl halides is 1. The number of esters is 1. The molecule has 3 rings (SSSR count). The van der Waals surface area contributed by atoms with Crippen LogP contribution in [0.4, 0.5) is 0 Å². The van der Waals surface area contributed by atoms with Crippen LogP contribution in [0.5, 0.6) is 0 Å². The summed E-state index contributed by atoms with van der Waals surface area (Å²) in [6.07, 6.45) is 3.28. The molecule has 0 aliphatic carbocycles. The summed E-state index contributed by atoms with van der Waals surface area (Å²) in [5, 5.41) is 10.3. The highest BCUT2D eigenvalue weighted by molar-refractivity contribution is 9.09. The molecule has 0 aromatic heterocycles. The summed E-state index contributed by atoms with van der Waals surface area (Å²) in [6, 6.07) is -1.57. The zero-order valence-electron chi connectivity index (χ0n) is 20.9. The molecule has 0 aromatic carbocycles. The molecule has 2 amide bonds. The van der Waals surface area contributed by atoms with E-state index in [2.05, 4.69) is 29.4 Å². The molecule has 1 N–H and O–H groups in total. The molecule has 3 saturated heterocycles. The van der Waals surface area contributed by atoms with E-state index in [4.69, 9.17) is 9.47 Å². The molecule has 3 heterocycles. The van der Waals surface area contributed by atoms with Crippen LogP contribution in [0.15, 0.2) is 12.7 Å². The zero-order chi connectivity index (χ0) is 25.4. The molecule has 0 saturated carbocycles. The molecule has 192 valence electrons. The van der Waals surface area contributed by atoms with Gasteiger partial charge in [0.05, 0.1) is 37.2 Å². The monoisotopic (exact) mass is 542 g/mol. The number of rotatable bonds is 11. The Balaban J connectivity index is 2.14. The van der Waals surface area contributed by atoms with E-state index in [-0.39, 0.29) is 41.8 Å². The van der Waals surface area contributed by atoms with Crippen LogP contribution in [-0.2, 0) is 23.9 Å². The van der Waals surface area contributed by atoms with Gasteiger partial charge in [0.2, 0.25) is 11.8 Å². The first-order chi connectivity index (χ1) is 16.1. The van der Waals surface area contributed by atoms with Gasteiger partial charge in [-0.3, -0.25) is 14.4 Å². The molecule has 9 heteroatoms. The predicted molar refractivity (Wildman–Crippen MR) is 131 cm³/mol. The number of likely N-dealkylation sites (tertiary alicyclic amines) is 1. The fourth-order valence-corrected chi connectivity index (χ4v) is 7.13. The molecule has 3 aliphatic heterocycles. The van der Waals surface area contributed by atoms with E-state index in [1.54, 1.807) is 17.9 Å². The predicted octanol–water partition coefficient (Wildman–Crippen LogP) is 2.52. The first-order valence-corrected chi connectivity index (χ1v) is 13.4. The number of ether oxygens (including phenoxy) is 2. The van der Waals surface area contributed by atoms with Gasteiger partial charge < -0.3 is 24.4 Å². The van der Waals surface area contributed by atoms with Gasteiger partial charge in [-0.05, 0) is 32.6 Å². The molecule has 34 heavy (non-hydrogen) atoms. The Morgan fingerprint density at radius 2 is 2.06 bits per heavy atom. The summed E-state index contributed by atoms with van der Waals surface area (Å²) >= 11 is 3.65. The number of fused-ring (bicyclic) bond motifs is 1. The van der Waals surface area contributed by atoms with E-state index >= 15 is 0 Å². The van der Waals surface area contributed by atoms with Crippen molar-refractivity contribution in [3.8, 4) is 0 Å². The highest BCUT2D eigenvalue weighted by Gasteiger charge is 2.77. The van der Waals surface area contributed by atoms with Crippen LogP contribution < -0.4 is 0 Å². The van der Waals surface area contributed by atoms with E-state index < -0.39 is 41.6 Å². The summed E-state index contributed by atoms with van der Waals surface area (Å²) in [5.74, 6) is -2.72.